The lowest BCUT2D eigenvalue weighted by atomic mass is 10.5. The average Bonchev–Trinajstić information content (AvgIpc) is 1.99. The molecule has 0 fully saturated rings. The minimum Gasteiger partial charge on any atom is -0.347 e. The van der Waals surface area contributed by atoms with Crippen LogP contribution in [0.15, 0.2) is 0 Å². The molecule has 0 bridgehead atoms. The van der Waals surface area contributed by atoms with Crippen molar-refractivity contribution in [2.45, 2.75) is 0 Å². The number of hydrogen-bond donors (Lipinski definition) is 2. The lowest BCUT2D eigenvalue weighted by Gasteiger charge is -2.09. The first-order valence-electron chi connectivity index (χ1n) is 3.15. The topological polar surface area (TPSA) is 49.4 Å². The Labute approximate surface area is 71.4 Å². The molecular weight excluding hydrogens is 164 g/mol. The number of carbonyl (C=O) groups is 2. The second kappa shape index (κ2) is 5.01. The summed E-state index contributed by atoms with van der Waals surface area (Å²) in [6, 6.07) is 0. The van der Waals surface area contributed by atoms with E-state index in [4.69, 9.17) is 0 Å². The fourth-order valence-electron chi connectivity index (χ4n) is 0.388. The van der Waals surface area contributed by atoms with Crippen molar-refractivity contribution in [2.75, 3.05) is 26.4 Å². The number of rotatable bonds is 3. The Morgan fingerprint density at radius 1 is 1.45 bits per heavy atom. The third-order valence-corrected chi connectivity index (χ3v) is 1.37. The van der Waals surface area contributed by atoms with Crippen molar-refractivity contribution in [1.82, 2.24) is 10.2 Å². The molecule has 11 heavy (non-hydrogen) atoms. The normalized spacial score (nSPS) is 9.00. The van der Waals surface area contributed by atoms with Crippen molar-refractivity contribution in [2.24, 2.45) is 0 Å². The molecule has 0 aliphatic heterocycles. The minimum atomic E-state index is -0.233. The highest BCUT2D eigenvalue weighted by Crippen LogP contribution is 1.77. The van der Waals surface area contributed by atoms with Gasteiger partial charge in [-0.1, -0.05) is 0 Å². The second-order valence-electron chi connectivity index (χ2n) is 2.22. The van der Waals surface area contributed by atoms with Crippen molar-refractivity contribution in [3.05, 3.63) is 0 Å². The van der Waals surface area contributed by atoms with Gasteiger partial charge in [0.05, 0.1) is 12.3 Å². The summed E-state index contributed by atoms with van der Waals surface area (Å²) in [4.78, 5) is 22.8. The van der Waals surface area contributed by atoms with Crippen LogP contribution in [0.3, 0.4) is 0 Å². The van der Waals surface area contributed by atoms with Gasteiger partial charge in [0.1, 0.15) is 0 Å². The third kappa shape index (κ3) is 4.66. The molecule has 0 saturated carbocycles. The molecule has 0 saturated heterocycles. The summed E-state index contributed by atoms with van der Waals surface area (Å²) >= 11 is 3.73. The van der Waals surface area contributed by atoms with Gasteiger partial charge in [0.25, 0.3) is 0 Å². The quantitative estimate of drug-likeness (QED) is 0.549. The van der Waals surface area contributed by atoms with E-state index in [0.717, 1.165) is 0 Å². The molecule has 0 spiro atoms. The van der Waals surface area contributed by atoms with E-state index in [-0.39, 0.29) is 24.1 Å². The third-order valence-electron chi connectivity index (χ3n) is 1.08. The molecule has 0 atom stereocenters. The van der Waals surface area contributed by atoms with Gasteiger partial charge in [-0.15, -0.1) is 0 Å². The van der Waals surface area contributed by atoms with Crippen LogP contribution >= 0.6 is 12.6 Å². The lowest BCUT2D eigenvalue weighted by molar-refractivity contribution is -0.130. The molecule has 5 heteroatoms. The molecule has 1 N–H and O–H groups in total. The summed E-state index contributed by atoms with van der Waals surface area (Å²) < 4.78 is 0. The van der Waals surface area contributed by atoms with E-state index in [0.29, 0.717) is 0 Å². The fraction of sp³-hybridized carbons (Fsp3) is 0.667. The van der Waals surface area contributed by atoms with Gasteiger partial charge < -0.3 is 10.2 Å². The van der Waals surface area contributed by atoms with Crippen molar-refractivity contribution in [3.8, 4) is 0 Å². The fourth-order valence-corrected chi connectivity index (χ4v) is 0.500. The van der Waals surface area contributed by atoms with E-state index >= 15 is 0 Å². The number of nitrogens with one attached hydrogen (secondary N) is 1. The zero-order chi connectivity index (χ0) is 8.85. The molecule has 2 amide bonds. The maximum absolute atomic E-state index is 10.8. The van der Waals surface area contributed by atoms with E-state index in [9.17, 15) is 9.59 Å². The van der Waals surface area contributed by atoms with Crippen LogP contribution in [0, 0.1) is 0 Å². The van der Waals surface area contributed by atoms with E-state index in [1.54, 1.807) is 14.1 Å². The van der Waals surface area contributed by atoms with Crippen molar-refractivity contribution < 1.29 is 9.59 Å². The Morgan fingerprint density at radius 3 is 2.36 bits per heavy atom. The summed E-state index contributed by atoms with van der Waals surface area (Å²) in [6.07, 6.45) is 0. The zero-order valence-corrected chi connectivity index (χ0v) is 7.52. The van der Waals surface area contributed by atoms with Gasteiger partial charge in [-0.05, 0) is 0 Å². The van der Waals surface area contributed by atoms with Crippen LogP contribution < -0.4 is 5.32 Å². The van der Waals surface area contributed by atoms with Gasteiger partial charge >= 0.3 is 0 Å². The molecule has 0 aliphatic rings. The molecule has 0 radical (unpaired) electrons. The second-order valence-corrected chi connectivity index (χ2v) is 2.54. The SMILES string of the molecule is CN(C)C(=O)CNC(=O)CS. The van der Waals surface area contributed by atoms with E-state index in [2.05, 4.69) is 17.9 Å². The molecular formula is C6H12N2O2S. The molecule has 0 aromatic heterocycles. The van der Waals surface area contributed by atoms with E-state index in [1.807, 2.05) is 0 Å². The molecule has 0 aromatic rings. The highest BCUT2D eigenvalue weighted by atomic mass is 32.1. The Kier molecular flexibility index (Phi) is 4.69. The molecule has 0 aromatic carbocycles. The van der Waals surface area contributed by atoms with Crippen molar-refractivity contribution >= 4 is 24.4 Å². The van der Waals surface area contributed by atoms with Crippen molar-refractivity contribution in [1.29, 1.82) is 0 Å². The van der Waals surface area contributed by atoms with Gasteiger partial charge in [0.2, 0.25) is 11.8 Å². The number of thiol groups is 1. The summed E-state index contributed by atoms with van der Waals surface area (Å²) in [5.41, 5.74) is 0. The predicted molar refractivity (Wildman–Crippen MR) is 45.6 cm³/mol. The standard InChI is InChI=1S/C6H12N2O2S/c1-8(2)6(10)3-7-5(9)4-11/h11H,3-4H2,1-2H3,(H,7,9). The van der Waals surface area contributed by atoms with E-state index in [1.165, 1.54) is 4.90 Å². The molecule has 0 aliphatic carbocycles. The number of hydrogen-bond acceptors (Lipinski definition) is 3. The van der Waals surface area contributed by atoms with Crippen LogP contribution in [-0.2, 0) is 9.59 Å². The van der Waals surface area contributed by atoms with E-state index < -0.39 is 0 Å². The van der Waals surface area contributed by atoms with Gasteiger partial charge in [-0.2, -0.15) is 12.6 Å². The smallest absolute Gasteiger partial charge is 0.241 e. The number of amides is 2. The molecule has 4 nitrogen and oxygen atoms in total. The maximum Gasteiger partial charge on any atom is 0.241 e. The lowest BCUT2D eigenvalue weighted by Crippen LogP contribution is -2.36. The predicted octanol–water partition coefficient (Wildman–Crippen LogP) is -0.879. The molecule has 0 heterocycles. The van der Waals surface area contributed by atoms with Crippen LogP contribution in [0.1, 0.15) is 0 Å². The van der Waals surface area contributed by atoms with Gasteiger partial charge in [0, 0.05) is 14.1 Å². The number of carbonyl (C=O) groups excluding carboxylic acids is 2. The number of nitrogens with zero attached hydrogens (tertiary/aromatic N) is 1. The minimum absolute atomic E-state index is 0.0480. The Balaban J connectivity index is 3.54. The summed E-state index contributed by atoms with van der Waals surface area (Å²) in [5, 5.41) is 2.41. The van der Waals surface area contributed by atoms with Gasteiger partial charge in [0.15, 0.2) is 0 Å². The largest absolute Gasteiger partial charge is 0.347 e. The van der Waals surface area contributed by atoms with Gasteiger partial charge in [-0.25, -0.2) is 0 Å². The molecule has 0 rings (SSSR count). The Hall–Kier alpha value is -0.710. The first kappa shape index (κ1) is 10.3. The molecule has 64 valence electrons. The van der Waals surface area contributed by atoms with Crippen LogP contribution in [0.2, 0.25) is 0 Å². The summed E-state index contributed by atoms with van der Waals surface area (Å²) in [5.74, 6) is -0.246. The monoisotopic (exact) mass is 176 g/mol. The summed E-state index contributed by atoms with van der Waals surface area (Å²) in [6.45, 7) is 0.0480. The van der Waals surface area contributed by atoms with Gasteiger partial charge in [-0.3, -0.25) is 9.59 Å². The highest BCUT2D eigenvalue weighted by molar-refractivity contribution is 7.81. The zero-order valence-electron chi connectivity index (χ0n) is 6.63. The van der Waals surface area contributed by atoms with Crippen molar-refractivity contribution in [3.63, 3.8) is 0 Å². The Bertz CT molecular complexity index is 159. The first-order valence-corrected chi connectivity index (χ1v) is 3.79. The highest BCUT2D eigenvalue weighted by Gasteiger charge is 2.04. The molecule has 0 unspecified atom stereocenters. The van der Waals surface area contributed by atoms with Crippen LogP contribution in [0.4, 0.5) is 0 Å². The van der Waals surface area contributed by atoms with Crippen LogP contribution in [0.5, 0.6) is 0 Å². The van der Waals surface area contributed by atoms with Crippen LogP contribution in [-0.4, -0.2) is 43.1 Å². The number of likely N-dealkylation sites (N-methyl/N-ethyl adjacent to an activating group) is 1. The summed E-state index contributed by atoms with van der Waals surface area (Å²) in [7, 11) is 3.27. The van der Waals surface area contributed by atoms with Crippen LogP contribution in [0.25, 0.3) is 0 Å². The maximum atomic E-state index is 10.8. The average molecular weight is 176 g/mol. The first-order chi connectivity index (χ1) is 5.07. The Morgan fingerprint density at radius 2 is 2.00 bits per heavy atom.